The maximum absolute atomic E-state index is 12.4. The Morgan fingerprint density at radius 2 is 2.11 bits per heavy atom. The first-order valence-corrected chi connectivity index (χ1v) is 6.26. The van der Waals surface area contributed by atoms with Gasteiger partial charge in [-0.2, -0.15) is 0 Å². The van der Waals surface area contributed by atoms with Crippen LogP contribution in [0.4, 0.5) is 5.69 Å². The summed E-state index contributed by atoms with van der Waals surface area (Å²) < 4.78 is 5.62. The number of ether oxygens (including phenoxy) is 1. The number of fused-ring (bicyclic) bond motifs is 1. The van der Waals surface area contributed by atoms with Crippen LogP contribution in [-0.4, -0.2) is 23.9 Å². The number of carbonyl (C=O) groups is 1. The van der Waals surface area contributed by atoms with Crippen LogP contribution in [0, 0.1) is 0 Å². The normalized spacial score (nSPS) is 13.1. The molecule has 1 N–H and O–H groups in total. The van der Waals surface area contributed by atoms with Crippen molar-refractivity contribution in [2.45, 2.75) is 6.42 Å². The molecule has 0 saturated heterocycles. The molecule has 0 fully saturated rings. The maximum Gasteiger partial charge on any atom is 0.171 e. The summed E-state index contributed by atoms with van der Waals surface area (Å²) in [5.74, 6) is 0.736. The second-order valence-corrected chi connectivity index (χ2v) is 4.41. The van der Waals surface area contributed by atoms with Crippen LogP contribution in [0.1, 0.15) is 15.9 Å². The number of ketones is 1. The fraction of sp³-hybridized carbons (Fsp3) is 0.200. The monoisotopic (exact) mass is 254 g/mol. The Kier molecular flexibility index (Phi) is 3.14. The zero-order chi connectivity index (χ0) is 13.1. The summed E-state index contributed by atoms with van der Waals surface area (Å²) in [6, 6.07) is 9.33. The molecule has 2 heterocycles. The van der Waals surface area contributed by atoms with Gasteiger partial charge in [-0.05, 0) is 29.8 Å². The number of aromatic nitrogens is 1. The SMILES string of the molecule is O=C(Cc1ccncc1)c1cccc2c1OCCN2. The van der Waals surface area contributed by atoms with Crippen molar-refractivity contribution in [2.24, 2.45) is 0 Å². The lowest BCUT2D eigenvalue weighted by Gasteiger charge is -2.21. The zero-order valence-corrected chi connectivity index (χ0v) is 10.4. The topological polar surface area (TPSA) is 51.2 Å². The van der Waals surface area contributed by atoms with Crippen LogP contribution in [0.25, 0.3) is 0 Å². The minimum atomic E-state index is 0.0618. The van der Waals surface area contributed by atoms with Crippen molar-refractivity contribution >= 4 is 11.5 Å². The molecule has 0 unspecified atom stereocenters. The molecule has 96 valence electrons. The Bertz CT molecular complexity index is 596. The van der Waals surface area contributed by atoms with E-state index in [1.54, 1.807) is 12.4 Å². The number of pyridine rings is 1. The average molecular weight is 254 g/mol. The fourth-order valence-electron chi connectivity index (χ4n) is 2.17. The molecule has 0 aliphatic carbocycles. The minimum absolute atomic E-state index is 0.0618. The van der Waals surface area contributed by atoms with Crippen LogP contribution >= 0.6 is 0 Å². The number of benzene rings is 1. The van der Waals surface area contributed by atoms with Crippen molar-refractivity contribution in [3.05, 3.63) is 53.9 Å². The standard InChI is InChI=1S/C15H14N2O2/c18-14(10-11-4-6-16-7-5-11)12-2-1-3-13-15(12)19-9-8-17-13/h1-7,17H,8-10H2. The third kappa shape index (κ3) is 2.42. The quantitative estimate of drug-likeness (QED) is 0.854. The van der Waals surface area contributed by atoms with E-state index < -0.39 is 0 Å². The highest BCUT2D eigenvalue weighted by atomic mass is 16.5. The lowest BCUT2D eigenvalue weighted by atomic mass is 10.0. The van der Waals surface area contributed by atoms with E-state index in [9.17, 15) is 4.79 Å². The summed E-state index contributed by atoms with van der Waals surface area (Å²) in [5.41, 5.74) is 2.50. The smallest absolute Gasteiger partial charge is 0.171 e. The van der Waals surface area contributed by atoms with Crippen LogP contribution < -0.4 is 10.1 Å². The Morgan fingerprint density at radius 3 is 2.95 bits per heavy atom. The highest BCUT2D eigenvalue weighted by molar-refractivity contribution is 6.01. The number of Topliss-reactive ketones (excluding diaryl/α,β-unsaturated/α-hetero) is 1. The van der Waals surface area contributed by atoms with Gasteiger partial charge in [0.15, 0.2) is 11.5 Å². The van der Waals surface area contributed by atoms with E-state index in [1.165, 1.54) is 0 Å². The third-order valence-electron chi connectivity index (χ3n) is 3.09. The number of hydrogen-bond acceptors (Lipinski definition) is 4. The highest BCUT2D eigenvalue weighted by Crippen LogP contribution is 2.31. The summed E-state index contributed by atoms with van der Waals surface area (Å²) >= 11 is 0. The molecule has 0 bridgehead atoms. The van der Waals surface area contributed by atoms with Crippen LogP contribution in [0.2, 0.25) is 0 Å². The molecule has 1 aliphatic heterocycles. The third-order valence-corrected chi connectivity index (χ3v) is 3.09. The van der Waals surface area contributed by atoms with E-state index >= 15 is 0 Å². The van der Waals surface area contributed by atoms with Crippen molar-refractivity contribution in [3.8, 4) is 5.75 Å². The Labute approximate surface area is 111 Å². The average Bonchev–Trinajstić information content (AvgIpc) is 2.47. The first-order valence-electron chi connectivity index (χ1n) is 6.26. The molecule has 19 heavy (non-hydrogen) atoms. The second kappa shape index (κ2) is 5.10. The predicted octanol–water partition coefficient (Wildman–Crippen LogP) is 2.31. The summed E-state index contributed by atoms with van der Waals surface area (Å²) in [6.45, 7) is 1.36. The number of carbonyl (C=O) groups excluding carboxylic acids is 1. The Balaban J connectivity index is 1.88. The van der Waals surface area contributed by atoms with E-state index in [2.05, 4.69) is 10.3 Å². The van der Waals surface area contributed by atoms with Gasteiger partial charge in [-0.15, -0.1) is 0 Å². The van der Waals surface area contributed by atoms with Crippen molar-refractivity contribution in [3.63, 3.8) is 0 Å². The van der Waals surface area contributed by atoms with Gasteiger partial charge >= 0.3 is 0 Å². The molecular formula is C15H14N2O2. The summed E-state index contributed by atoms with van der Waals surface area (Å²) in [6.07, 6.45) is 3.75. The molecule has 1 aromatic heterocycles. The molecule has 2 aromatic rings. The van der Waals surface area contributed by atoms with Crippen LogP contribution in [-0.2, 0) is 6.42 Å². The first-order chi connectivity index (χ1) is 9.34. The van der Waals surface area contributed by atoms with Gasteiger partial charge < -0.3 is 10.1 Å². The van der Waals surface area contributed by atoms with Crippen molar-refractivity contribution in [1.82, 2.24) is 4.98 Å². The van der Waals surface area contributed by atoms with E-state index in [4.69, 9.17) is 4.74 Å². The highest BCUT2D eigenvalue weighted by Gasteiger charge is 2.18. The van der Waals surface area contributed by atoms with Crippen LogP contribution in [0.5, 0.6) is 5.75 Å². The van der Waals surface area contributed by atoms with Crippen molar-refractivity contribution < 1.29 is 9.53 Å². The van der Waals surface area contributed by atoms with Gasteiger partial charge in [-0.3, -0.25) is 9.78 Å². The number of anilines is 1. The fourth-order valence-corrected chi connectivity index (χ4v) is 2.17. The largest absolute Gasteiger partial charge is 0.489 e. The molecule has 4 nitrogen and oxygen atoms in total. The minimum Gasteiger partial charge on any atom is -0.489 e. The van der Waals surface area contributed by atoms with E-state index in [0.717, 1.165) is 17.8 Å². The molecule has 1 aliphatic rings. The molecule has 0 radical (unpaired) electrons. The number of rotatable bonds is 3. The Hall–Kier alpha value is -2.36. The van der Waals surface area contributed by atoms with Gasteiger partial charge in [0, 0.05) is 25.4 Å². The van der Waals surface area contributed by atoms with Crippen LogP contribution in [0.3, 0.4) is 0 Å². The summed E-state index contributed by atoms with van der Waals surface area (Å²) in [5, 5.41) is 3.23. The van der Waals surface area contributed by atoms with Crippen molar-refractivity contribution in [1.29, 1.82) is 0 Å². The second-order valence-electron chi connectivity index (χ2n) is 4.41. The van der Waals surface area contributed by atoms with Gasteiger partial charge in [0.1, 0.15) is 6.61 Å². The first kappa shape index (κ1) is 11.7. The molecule has 0 saturated carbocycles. The van der Waals surface area contributed by atoms with E-state index in [-0.39, 0.29) is 5.78 Å². The molecule has 4 heteroatoms. The van der Waals surface area contributed by atoms with Crippen molar-refractivity contribution in [2.75, 3.05) is 18.5 Å². The molecular weight excluding hydrogens is 240 g/mol. The zero-order valence-electron chi connectivity index (χ0n) is 10.4. The lowest BCUT2D eigenvalue weighted by Crippen LogP contribution is -2.20. The number of nitrogens with zero attached hydrogens (tertiary/aromatic N) is 1. The summed E-state index contributed by atoms with van der Waals surface area (Å²) in [4.78, 5) is 16.3. The number of nitrogens with one attached hydrogen (secondary N) is 1. The molecule has 1 aromatic carbocycles. The molecule has 3 rings (SSSR count). The van der Waals surface area contributed by atoms with Gasteiger partial charge in [-0.1, -0.05) is 6.07 Å². The van der Waals surface area contributed by atoms with Gasteiger partial charge in [-0.25, -0.2) is 0 Å². The number of hydrogen-bond donors (Lipinski definition) is 1. The number of para-hydroxylation sites is 1. The maximum atomic E-state index is 12.4. The molecule has 0 atom stereocenters. The van der Waals surface area contributed by atoms with Gasteiger partial charge in [0.25, 0.3) is 0 Å². The lowest BCUT2D eigenvalue weighted by molar-refractivity contribution is 0.0989. The van der Waals surface area contributed by atoms with E-state index in [0.29, 0.717) is 24.3 Å². The summed E-state index contributed by atoms with van der Waals surface area (Å²) in [7, 11) is 0. The Morgan fingerprint density at radius 1 is 1.26 bits per heavy atom. The predicted molar refractivity (Wildman–Crippen MR) is 72.7 cm³/mol. The van der Waals surface area contributed by atoms with Gasteiger partial charge in [0.2, 0.25) is 0 Å². The van der Waals surface area contributed by atoms with Gasteiger partial charge in [0.05, 0.1) is 11.3 Å². The van der Waals surface area contributed by atoms with Crippen LogP contribution in [0.15, 0.2) is 42.7 Å². The van der Waals surface area contributed by atoms with E-state index in [1.807, 2.05) is 30.3 Å². The molecule has 0 amide bonds. The molecule has 0 spiro atoms.